The summed E-state index contributed by atoms with van der Waals surface area (Å²) in [6, 6.07) is 7.23. The van der Waals surface area contributed by atoms with E-state index in [-0.39, 0.29) is 17.0 Å². The number of carbonyl (C=O) groups excluding carboxylic acids is 1. The van der Waals surface area contributed by atoms with E-state index < -0.39 is 27.8 Å². The van der Waals surface area contributed by atoms with Crippen molar-refractivity contribution in [3.8, 4) is 5.75 Å². The van der Waals surface area contributed by atoms with Gasteiger partial charge in [0, 0.05) is 24.6 Å². The van der Waals surface area contributed by atoms with Crippen LogP contribution in [0.1, 0.15) is 31.2 Å². The predicted octanol–water partition coefficient (Wildman–Crippen LogP) is 3.91. The van der Waals surface area contributed by atoms with Crippen LogP contribution in [0, 0.1) is 12.7 Å². The van der Waals surface area contributed by atoms with Crippen LogP contribution in [-0.2, 0) is 14.8 Å². The van der Waals surface area contributed by atoms with E-state index in [2.05, 4.69) is 14.9 Å². The zero-order valence-electron chi connectivity index (χ0n) is 19.3. The number of hydrogen-bond donors (Lipinski definition) is 2. The third-order valence-electron chi connectivity index (χ3n) is 6.62. The molecule has 2 aliphatic rings. The maximum atomic E-state index is 13.4. The largest absolute Gasteiger partial charge is 0.490 e. The Morgan fingerprint density at radius 1 is 1.11 bits per heavy atom. The Morgan fingerprint density at radius 3 is 2.49 bits per heavy atom. The zero-order valence-corrected chi connectivity index (χ0v) is 21.6. The maximum Gasteiger partial charge on any atom is 0.264 e. The summed E-state index contributed by atoms with van der Waals surface area (Å²) < 4.78 is 47.3. The Morgan fingerprint density at radius 2 is 1.80 bits per heavy atom. The second-order valence-corrected chi connectivity index (χ2v) is 11.4. The van der Waals surface area contributed by atoms with Crippen molar-refractivity contribution < 1.29 is 22.3 Å². The Labute approximate surface area is 215 Å². The van der Waals surface area contributed by atoms with Crippen molar-refractivity contribution in [1.82, 2.24) is 14.9 Å². The third-order valence-corrected chi connectivity index (χ3v) is 8.88. The van der Waals surface area contributed by atoms with E-state index in [1.165, 1.54) is 0 Å². The molecule has 0 aromatic heterocycles. The van der Waals surface area contributed by atoms with Gasteiger partial charge in [0.1, 0.15) is 17.7 Å². The fourth-order valence-electron chi connectivity index (χ4n) is 4.71. The Hall–Kier alpha value is -1.91. The molecule has 190 valence electrons. The molecule has 1 amide bonds. The number of benzene rings is 2. The van der Waals surface area contributed by atoms with Gasteiger partial charge in [-0.3, -0.25) is 9.69 Å². The van der Waals surface area contributed by atoms with Gasteiger partial charge < -0.3 is 10.1 Å². The molecular weight excluding hydrogens is 516 g/mol. The molecule has 35 heavy (non-hydrogen) atoms. The normalized spacial score (nSPS) is 22.1. The predicted molar refractivity (Wildman–Crippen MR) is 133 cm³/mol. The zero-order chi connectivity index (χ0) is 25.2. The van der Waals surface area contributed by atoms with Gasteiger partial charge in [-0.25, -0.2) is 17.5 Å². The number of nitrogens with zero attached hydrogens (tertiary/aromatic N) is 1. The van der Waals surface area contributed by atoms with Gasteiger partial charge in [-0.05, 0) is 75.7 Å². The summed E-state index contributed by atoms with van der Waals surface area (Å²) in [5.41, 5.74) is 0.708. The Bertz CT molecular complexity index is 1170. The standard InChI is InChI=1S/C24H28Cl2FN3O4S/c1-15-22(7-6-20(25)23(15)26)34-18-10-13-30(17-8-11-28-12-9-17)21(14-18)24(31)29-35(32,33)19-4-2-16(27)3-5-19/h2-7,17-18,21,28H,8-14H2,1H3,(H,29,31). The SMILES string of the molecule is Cc1c(OC2CCN(C3CCNCC3)C(C(=O)NS(=O)(=O)c3ccc(F)cc3)C2)ccc(Cl)c1Cl. The topological polar surface area (TPSA) is 87.7 Å². The Balaban J connectivity index is 1.54. The van der Waals surface area contributed by atoms with Crippen molar-refractivity contribution in [2.24, 2.45) is 0 Å². The average molecular weight is 544 g/mol. The summed E-state index contributed by atoms with van der Waals surface area (Å²) in [4.78, 5) is 15.3. The van der Waals surface area contributed by atoms with E-state index in [0.29, 0.717) is 40.7 Å². The minimum Gasteiger partial charge on any atom is -0.490 e. The molecule has 2 heterocycles. The first-order valence-electron chi connectivity index (χ1n) is 11.6. The minimum atomic E-state index is -4.15. The molecule has 2 unspecified atom stereocenters. The second kappa shape index (κ2) is 11.0. The van der Waals surface area contributed by atoms with Gasteiger partial charge in [-0.1, -0.05) is 23.2 Å². The molecule has 2 aliphatic heterocycles. The summed E-state index contributed by atoms with van der Waals surface area (Å²) in [7, 11) is -4.15. The lowest BCUT2D eigenvalue weighted by Crippen LogP contribution is -2.58. The van der Waals surface area contributed by atoms with E-state index in [4.69, 9.17) is 27.9 Å². The van der Waals surface area contributed by atoms with Crippen molar-refractivity contribution in [3.63, 3.8) is 0 Å². The first-order valence-corrected chi connectivity index (χ1v) is 13.8. The van der Waals surface area contributed by atoms with E-state index >= 15 is 0 Å². The van der Waals surface area contributed by atoms with Gasteiger partial charge in [0.25, 0.3) is 15.9 Å². The lowest BCUT2D eigenvalue weighted by Gasteiger charge is -2.44. The number of ether oxygens (including phenoxy) is 1. The van der Waals surface area contributed by atoms with Gasteiger partial charge in [0.05, 0.1) is 21.0 Å². The van der Waals surface area contributed by atoms with Crippen LogP contribution in [0.4, 0.5) is 4.39 Å². The number of piperidine rings is 2. The molecule has 11 heteroatoms. The van der Waals surface area contributed by atoms with Crippen LogP contribution in [0.2, 0.25) is 10.0 Å². The number of likely N-dealkylation sites (tertiary alicyclic amines) is 1. The van der Waals surface area contributed by atoms with Gasteiger partial charge in [-0.2, -0.15) is 0 Å². The molecule has 2 aromatic rings. The lowest BCUT2D eigenvalue weighted by atomic mass is 9.93. The van der Waals surface area contributed by atoms with E-state index in [0.717, 1.165) is 50.2 Å². The first-order chi connectivity index (χ1) is 16.7. The van der Waals surface area contributed by atoms with Crippen LogP contribution >= 0.6 is 23.2 Å². The summed E-state index contributed by atoms with van der Waals surface area (Å²) in [5, 5.41) is 4.16. The van der Waals surface area contributed by atoms with Crippen LogP contribution in [-0.4, -0.2) is 57.0 Å². The van der Waals surface area contributed by atoms with Gasteiger partial charge in [0.15, 0.2) is 0 Å². The molecule has 2 fully saturated rings. The monoisotopic (exact) mass is 543 g/mol. The number of amides is 1. The number of rotatable bonds is 6. The highest BCUT2D eigenvalue weighted by Gasteiger charge is 2.40. The van der Waals surface area contributed by atoms with Crippen LogP contribution < -0.4 is 14.8 Å². The smallest absolute Gasteiger partial charge is 0.264 e. The molecular formula is C24H28Cl2FN3O4S. The van der Waals surface area contributed by atoms with Gasteiger partial charge >= 0.3 is 0 Å². The summed E-state index contributed by atoms with van der Waals surface area (Å²) in [6.07, 6.45) is 2.41. The molecule has 0 spiro atoms. The van der Waals surface area contributed by atoms with Crippen LogP contribution in [0.5, 0.6) is 5.75 Å². The molecule has 2 aromatic carbocycles. The lowest BCUT2D eigenvalue weighted by molar-refractivity contribution is -0.129. The first kappa shape index (κ1) is 26.2. The number of carbonyl (C=O) groups is 1. The van der Waals surface area contributed by atoms with Gasteiger partial charge in [0.2, 0.25) is 0 Å². The molecule has 2 N–H and O–H groups in total. The number of halogens is 3. The van der Waals surface area contributed by atoms with Crippen LogP contribution in [0.15, 0.2) is 41.3 Å². The molecule has 4 rings (SSSR count). The summed E-state index contributed by atoms with van der Waals surface area (Å²) in [6.45, 7) is 4.08. The van der Waals surface area contributed by atoms with Crippen LogP contribution in [0.3, 0.4) is 0 Å². The molecule has 0 radical (unpaired) electrons. The molecule has 7 nitrogen and oxygen atoms in total. The van der Waals surface area contributed by atoms with Crippen molar-refractivity contribution in [3.05, 3.63) is 57.8 Å². The minimum absolute atomic E-state index is 0.160. The van der Waals surface area contributed by atoms with Crippen molar-refractivity contribution in [1.29, 1.82) is 0 Å². The quantitative estimate of drug-likeness (QED) is 0.574. The highest BCUT2D eigenvalue weighted by atomic mass is 35.5. The second-order valence-electron chi connectivity index (χ2n) is 8.91. The fraction of sp³-hybridized carbons (Fsp3) is 0.458. The summed E-state index contributed by atoms with van der Waals surface area (Å²) in [5.74, 6) is -0.595. The number of hydrogen-bond acceptors (Lipinski definition) is 6. The highest BCUT2D eigenvalue weighted by Crippen LogP contribution is 2.34. The van der Waals surface area contributed by atoms with E-state index in [1.807, 2.05) is 6.92 Å². The number of sulfonamides is 1. The molecule has 0 saturated carbocycles. The Kier molecular flexibility index (Phi) is 8.23. The summed E-state index contributed by atoms with van der Waals surface area (Å²) >= 11 is 12.4. The van der Waals surface area contributed by atoms with Crippen molar-refractivity contribution in [2.45, 2.75) is 55.7 Å². The number of nitrogens with one attached hydrogen (secondary N) is 2. The molecule has 2 atom stereocenters. The maximum absolute atomic E-state index is 13.4. The molecule has 2 saturated heterocycles. The third kappa shape index (κ3) is 6.09. The van der Waals surface area contributed by atoms with Crippen molar-refractivity contribution in [2.75, 3.05) is 19.6 Å². The molecule has 0 bridgehead atoms. The van der Waals surface area contributed by atoms with E-state index in [1.54, 1.807) is 12.1 Å². The highest BCUT2D eigenvalue weighted by molar-refractivity contribution is 7.90. The fourth-order valence-corrected chi connectivity index (χ4v) is 6.08. The van der Waals surface area contributed by atoms with Crippen LogP contribution in [0.25, 0.3) is 0 Å². The van der Waals surface area contributed by atoms with Gasteiger partial charge in [-0.15, -0.1) is 0 Å². The molecule has 0 aliphatic carbocycles. The van der Waals surface area contributed by atoms with Crippen molar-refractivity contribution >= 4 is 39.1 Å². The van der Waals surface area contributed by atoms with E-state index in [9.17, 15) is 17.6 Å². The average Bonchev–Trinajstić information content (AvgIpc) is 2.85.